The Morgan fingerprint density at radius 3 is 2.41 bits per heavy atom. The van der Waals surface area contributed by atoms with Crippen molar-refractivity contribution >= 4 is 23.5 Å². The van der Waals surface area contributed by atoms with Gasteiger partial charge in [0.15, 0.2) is 23.0 Å². The van der Waals surface area contributed by atoms with Gasteiger partial charge in [0.25, 0.3) is 0 Å². The molecule has 7 heteroatoms. The molecule has 1 atom stereocenters. The maximum atomic E-state index is 11.2. The lowest BCUT2D eigenvalue weighted by molar-refractivity contribution is 0.173. The Kier molecular flexibility index (Phi) is 5.61. The number of hydrogen-bond acceptors (Lipinski definition) is 7. The van der Waals surface area contributed by atoms with Crippen molar-refractivity contribution in [2.75, 3.05) is 32.5 Å². The van der Waals surface area contributed by atoms with Crippen molar-refractivity contribution in [2.24, 2.45) is 0 Å². The second-order valence-electron chi connectivity index (χ2n) is 6.28. The third-order valence-electron chi connectivity index (χ3n) is 4.68. The second-order valence-corrected chi connectivity index (χ2v) is 9.00. The Balaban J connectivity index is 1.75. The van der Waals surface area contributed by atoms with Crippen LogP contribution in [0.25, 0.3) is 0 Å². The number of thioether (sulfide) groups is 2. The van der Waals surface area contributed by atoms with Crippen LogP contribution in [0, 0.1) is 0 Å². The summed E-state index contributed by atoms with van der Waals surface area (Å²) in [4.78, 5) is 0. The molecule has 0 bridgehead atoms. The minimum absolute atomic E-state index is 0.218. The Morgan fingerprint density at radius 2 is 1.70 bits per heavy atom. The molecular weight excluding hydrogens is 384 g/mol. The van der Waals surface area contributed by atoms with Gasteiger partial charge in [0.1, 0.15) is 6.10 Å². The van der Waals surface area contributed by atoms with Crippen molar-refractivity contribution in [3.8, 4) is 23.0 Å². The van der Waals surface area contributed by atoms with Crippen LogP contribution in [-0.2, 0) is 0 Å². The fraction of sp³-hybridized carbons (Fsp3) is 0.400. The average Bonchev–Trinajstić information content (AvgIpc) is 3.20. The van der Waals surface area contributed by atoms with E-state index in [-0.39, 0.29) is 11.4 Å². The third-order valence-corrected chi connectivity index (χ3v) is 7.66. The highest BCUT2D eigenvalue weighted by Crippen LogP contribution is 2.50. The topological polar surface area (TPSA) is 57.2 Å². The summed E-state index contributed by atoms with van der Waals surface area (Å²) in [6, 6.07) is 9.43. The molecule has 2 aliphatic heterocycles. The zero-order chi connectivity index (χ0) is 18.8. The predicted octanol–water partition coefficient (Wildman–Crippen LogP) is 4.38. The van der Waals surface area contributed by atoms with E-state index in [1.807, 2.05) is 53.9 Å². The van der Waals surface area contributed by atoms with Crippen LogP contribution in [0.1, 0.15) is 33.8 Å². The first-order valence-corrected chi connectivity index (χ1v) is 10.9. The van der Waals surface area contributed by atoms with E-state index in [2.05, 4.69) is 0 Å². The largest absolute Gasteiger partial charge is 0.493 e. The summed E-state index contributed by atoms with van der Waals surface area (Å²) in [5.74, 6) is 4.91. The summed E-state index contributed by atoms with van der Waals surface area (Å²) >= 11 is 3.83. The van der Waals surface area contributed by atoms with Gasteiger partial charge >= 0.3 is 0 Å². The number of aliphatic hydroxyl groups excluding tert-OH is 1. The molecule has 5 nitrogen and oxygen atoms in total. The number of benzene rings is 2. The molecule has 2 heterocycles. The van der Waals surface area contributed by atoms with Gasteiger partial charge in [-0.25, -0.2) is 0 Å². The van der Waals surface area contributed by atoms with Crippen LogP contribution in [0.15, 0.2) is 30.3 Å². The highest BCUT2D eigenvalue weighted by atomic mass is 32.2. The van der Waals surface area contributed by atoms with Crippen molar-refractivity contribution in [1.29, 1.82) is 0 Å². The molecule has 27 heavy (non-hydrogen) atoms. The van der Waals surface area contributed by atoms with Crippen LogP contribution in [0.4, 0.5) is 0 Å². The van der Waals surface area contributed by atoms with Crippen molar-refractivity contribution in [3.63, 3.8) is 0 Å². The van der Waals surface area contributed by atoms with Crippen molar-refractivity contribution in [3.05, 3.63) is 47.0 Å². The van der Waals surface area contributed by atoms with E-state index in [1.54, 1.807) is 14.2 Å². The SMILES string of the molecule is COc1ccc(C(O)c2cc3c(cc2C2SCCCS2)OCO3)cc1OC. The van der Waals surface area contributed by atoms with Crippen LogP contribution in [0.5, 0.6) is 23.0 Å². The Hall–Kier alpha value is -1.70. The van der Waals surface area contributed by atoms with Crippen LogP contribution >= 0.6 is 23.5 Å². The molecule has 1 fully saturated rings. The number of methoxy groups -OCH3 is 2. The fourth-order valence-corrected chi connectivity index (χ4v) is 6.25. The van der Waals surface area contributed by atoms with E-state index in [9.17, 15) is 5.11 Å². The van der Waals surface area contributed by atoms with E-state index in [1.165, 1.54) is 6.42 Å². The highest BCUT2D eigenvalue weighted by molar-refractivity contribution is 8.16. The number of hydrogen-bond donors (Lipinski definition) is 1. The van der Waals surface area contributed by atoms with Gasteiger partial charge in [-0.1, -0.05) is 6.07 Å². The second kappa shape index (κ2) is 8.12. The number of aliphatic hydroxyl groups is 1. The molecule has 0 amide bonds. The summed E-state index contributed by atoms with van der Waals surface area (Å²) in [5, 5.41) is 11.2. The minimum Gasteiger partial charge on any atom is -0.493 e. The fourth-order valence-electron chi connectivity index (χ4n) is 3.28. The monoisotopic (exact) mass is 406 g/mol. The van der Waals surface area contributed by atoms with Crippen molar-refractivity contribution in [2.45, 2.75) is 17.1 Å². The highest BCUT2D eigenvalue weighted by Gasteiger charge is 2.28. The molecule has 0 spiro atoms. The van der Waals surface area contributed by atoms with E-state index < -0.39 is 6.10 Å². The molecule has 2 aliphatic rings. The van der Waals surface area contributed by atoms with Gasteiger partial charge in [-0.3, -0.25) is 0 Å². The predicted molar refractivity (Wildman–Crippen MR) is 108 cm³/mol. The number of fused-ring (bicyclic) bond motifs is 1. The van der Waals surface area contributed by atoms with Gasteiger partial charge < -0.3 is 24.1 Å². The molecule has 144 valence electrons. The first kappa shape index (κ1) is 18.7. The van der Waals surface area contributed by atoms with E-state index in [0.29, 0.717) is 17.2 Å². The summed E-state index contributed by atoms with van der Waals surface area (Å²) in [6.45, 7) is 0.218. The van der Waals surface area contributed by atoms with Gasteiger partial charge in [0.2, 0.25) is 6.79 Å². The first-order chi connectivity index (χ1) is 13.2. The molecule has 0 radical (unpaired) electrons. The van der Waals surface area contributed by atoms with E-state index in [0.717, 1.165) is 33.9 Å². The van der Waals surface area contributed by atoms with Gasteiger partial charge in [0, 0.05) is 0 Å². The number of rotatable bonds is 5. The average molecular weight is 407 g/mol. The molecule has 4 rings (SSSR count). The molecule has 2 aromatic carbocycles. The maximum Gasteiger partial charge on any atom is 0.231 e. The molecule has 1 saturated heterocycles. The van der Waals surface area contributed by atoms with E-state index in [4.69, 9.17) is 18.9 Å². The summed E-state index contributed by atoms with van der Waals surface area (Å²) in [5.41, 5.74) is 2.69. The molecule has 1 unspecified atom stereocenters. The lowest BCUT2D eigenvalue weighted by Crippen LogP contribution is -2.08. The molecular formula is C20H22O5S2. The summed E-state index contributed by atoms with van der Waals surface area (Å²) in [6.07, 6.45) is 0.418. The third kappa shape index (κ3) is 3.68. The Morgan fingerprint density at radius 1 is 1.00 bits per heavy atom. The van der Waals surface area contributed by atoms with Crippen LogP contribution in [-0.4, -0.2) is 37.6 Å². The summed E-state index contributed by atoms with van der Waals surface area (Å²) < 4.78 is 22.1. The molecule has 1 N–H and O–H groups in total. The molecule has 0 aliphatic carbocycles. The van der Waals surface area contributed by atoms with Crippen molar-refractivity contribution in [1.82, 2.24) is 0 Å². The zero-order valence-electron chi connectivity index (χ0n) is 15.3. The lowest BCUT2D eigenvalue weighted by Gasteiger charge is -2.26. The van der Waals surface area contributed by atoms with Crippen LogP contribution < -0.4 is 18.9 Å². The first-order valence-electron chi connectivity index (χ1n) is 8.78. The smallest absolute Gasteiger partial charge is 0.231 e. The van der Waals surface area contributed by atoms with Crippen molar-refractivity contribution < 1.29 is 24.1 Å². The maximum absolute atomic E-state index is 11.2. The van der Waals surface area contributed by atoms with Gasteiger partial charge in [-0.05, 0) is 58.9 Å². The molecule has 0 aromatic heterocycles. The molecule has 0 saturated carbocycles. The van der Waals surface area contributed by atoms with Crippen LogP contribution in [0.3, 0.4) is 0 Å². The quantitative estimate of drug-likeness (QED) is 0.791. The Labute approximate surface area is 167 Å². The number of ether oxygens (including phenoxy) is 4. The molecule has 2 aromatic rings. The van der Waals surface area contributed by atoms with Gasteiger partial charge in [0.05, 0.1) is 18.8 Å². The van der Waals surface area contributed by atoms with Crippen LogP contribution in [0.2, 0.25) is 0 Å². The Bertz CT molecular complexity index is 820. The normalized spacial score (nSPS) is 17.6. The van der Waals surface area contributed by atoms with Gasteiger partial charge in [-0.2, -0.15) is 0 Å². The minimum atomic E-state index is -0.794. The zero-order valence-corrected chi connectivity index (χ0v) is 16.9. The van der Waals surface area contributed by atoms with E-state index >= 15 is 0 Å². The lowest BCUT2D eigenvalue weighted by atomic mass is 9.96. The summed E-state index contributed by atoms with van der Waals surface area (Å²) in [7, 11) is 3.19. The van der Waals surface area contributed by atoms with Gasteiger partial charge in [-0.15, -0.1) is 23.5 Å². The standard InChI is InChI=1S/C20H22O5S2/c1-22-15-5-4-12(8-16(15)23-2)19(21)13-9-17-18(25-11-24-17)10-14(13)20-26-6-3-7-27-20/h4-5,8-10,19-21H,3,6-7,11H2,1-2H3.